The van der Waals surface area contributed by atoms with Crippen LogP contribution in [0.2, 0.25) is 0 Å². The van der Waals surface area contributed by atoms with Crippen LogP contribution >= 0.6 is 0 Å². The lowest BCUT2D eigenvalue weighted by Gasteiger charge is -2.20. The SMILES string of the molecule is C=CCC(NCC)c1cccc(OC)c1OC. The molecular formula is C14H21NO2. The van der Waals surface area contributed by atoms with E-state index in [2.05, 4.69) is 24.9 Å². The molecule has 0 aliphatic carbocycles. The van der Waals surface area contributed by atoms with Gasteiger partial charge in [-0.2, -0.15) is 0 Å². The minimum atomic E-state index is 0.211. The Morgan fingerprint density at radius 2 is 2.12 bits per heavy atom. The molecule has 0 aliphatic heterocycles. The zero-order chi connectivity index (χ0) is 12.7. The highest BCUT2D eigenvalue weighted by molar-refractivity contribution is 5.48. The summed E-state index contributed by atoms with van der Waals surface area (Å²) in [4.78, 5) is 0. The van der Waals surface area contributed by atoms with E-state index in [1.807, 2.05) is 18.2 Å². The van der Waals surface area contributed by atoms with Crippen LogP contribution in [0.3, 0.4) is 0 Å². The minimum Gasteiger partial charge on any atom is -0.493 e. The summed E-state index contributed by atoms with van der Waals surface area (Å²) in [5.74, 6) is 1.56. The van der Waals surface area contributed by atoms with Crippen LogP contribution < -0.4 is 14.8 Å². The lowest BCUT2D eigenvalue weighted by molar-refractivity contribution is 0.347. The number of para-hydroxylation sites is 1. The van der Waals surface area contributed by atoms with Crippen LogP contribution in [-0.4, -0.2) is 20.8 Å². The normalized spacial score (nSPS) is 11.9. The van der Waals surface area contributed by atoms with Crippen molar-refractivity contribution >= 4 is 0 Å². The van der Waals surface area contributed by atoms with Crippen molar-refractivity contribution in [3.05, 3.63) is 36.4 Å². The first kappa shape index (κ1) is 13.6. The van der Waals surface area contributed by atoms with Crippen LogP contribution in [0.25, 0.3) is 0 Å². The highest BCUT2D eigenvalue weighted by Gasteiger charge is 2.16. The van der Waals surface area contributed by atoms with Gasteiger partial charge in [-0.05, 0) is 19.0 Å². The number of nitrogens with one attached hydrogen (secondary N) is 1. The van der Waals surface area contributed by atoms with E-state index in [-0.39, 0.29) is 6.04 Å². The Balaban J connectivity index is 3.11. The summed E-state index contributed by atoms with van der Waals surface area (Å²) in [6.07, 6.45) is 2.77. The van der Waals surface area contributed by atoms with Crippen molar-refractivity contribution < 1.29 is 9.47 Å². The van der Waals surface area contributed by atoms with E-state index in [4.69, 9.17) is 9.47 Å². The molecule has 1 unspecified atom stereocenters. The van der Waals surface area contributed by atoms with E-state index in [0.717, 1.165) is 30.0 Å². The maximum atomic E-state index is 5.44. The fraction of sp³-hybridized carbons (Fsp3) is 0.429. The van der Waals surface area contributed by atoms with Crippen LogP contribution in [-0.2, 0) is 0 Å². The van der Waals surface area contributed by atoms with E-state index >= 15 is 0 Å². The zero-order valence-electron chi connectivity index (χ0n) is 10.8. The fourth-order valence-electron chi connectivity index (χ4n) is 1.92. The average Bonchev–Trinajstić information content (AvgIpc) is 2.37. The molecule has 0 fully saturated rings. The molecule has 17 heavy (non-hydrogen) atoms. The van der Waals surface area contributed by atoms with Gasteiger partial charge in [-0.25, -0.2) is 0 Å². The van der Waals surface area contributed by atoms with Crippen molar-refractivity contribution in [3.8, 4) is 11.5 Å². The maximum absolute atomic E-state index is 5.44. The molecule has 0 heterocycles. The molecule has 0 saturated carbocycles. The maximum Gasteiger partial charge on any atom is 0.165 e. The predicted octanol–water partition coefficient (Wildman–Crippen LogP) is 2.93. The molecule has 1 N–H and O–H groups in total. The number of hydrogen-bond donors (Lipinski definition) is 1. The average molecular weight is 235 g/mol. The van der Waals surface area contributed by atoms with Crippen LogP contribution in [0.5, 0.6) is 11.5 Å². The smallest absolute Gasteiger partial charge is 0.165 e. The van der Waals surface area contributed by atoms with Crippen molar-refractivity contribution in [2.24, 2.45) is 0 Å². The Bertz CT molecular complexity index is 363. The van der Waals surface area contributed by atoms with E-state index < -0.39 is 0 Å². The lowest BCUT2D eigenvalue weighted by Crippen LogP contribution is -2.21. The number of benzene rings is 1. The summed E-state index contributed by atoms with van der Waals surface area (Å²) in [5.41, 5.74) is 1.11. The van der Waals surface area contributed by atoms with Crippen LogP contribution in [0, 0.1) is 0 Å². The van der Waals surface area contributed by atoms with Crippen molar-refractivity contribution in [1.82, 2.24) is 5.32 Å². The van der Waals surface area contributed by atoms with Gasteiger partial charge in [0.1, 0.15) is 0 Å². The van der Waals surface area contributed by atoms with Crippen LogP contribution in [0.15, 0.2) is 30.9 Å². The van der Waals surface area contributed by atoms with E-state index in [1.165, 1.54) is 0 Å². The van der Waals surface area contributed by atoms with Gasteiger partial charge in [-0.15, -0.1) is 6.58 Å². The molecule has 3 nitrogen and oxygen atoms in total. The zero-order valence-corrected chi connectivity index (χ0v) is 10.8. The molecule has 0 aromatic heterocycles. The molecular weight excluding hydrogens is 214 g/mol. The first-order valence-electron chi connectivity index (χ1n) is 5.83. The Morgan fingerprint density at radius 1 is 1.35 bits per heavy atom. The molecule has 0 amide bonds. The Kier molecular flexibility index (Phi) is 5.57. The molecule has 1 rings (SSSR count). The molecule has 0 aliphatic rings. The van der Waals surface area contributed by atoms with Crippen molar-refractivity contribution in [2.75, 3.05) is 20.8 Å². The molecule has 94 valence electrons. The van der Waals surface area contributed by atoms with E-state index in [9.17, 15) is 0 Å². The van der Waals surface area contributed by atoms with Crippen molar-refractivity contribution in [2.45, 2.75) is 19.4 Å². The van der Waals surface area contributed by atoms with Gasteiger partial charge >= 0.3 is 0 Å². The van der Waals surface area contributed by atoms with Gasteiger partial charge in [0.05, 0.1) is 14.2 Å². The van der Waals surface area contributed by atoms with Gasteiger partial charge in [-0.3, -0.25) is 0 Å². The first-order valence-corrected chi connectivity index (χ1v) is 5.83. The molecule has 3 heteroatoms. The number of rotatable bonds is 7. The quantitative estimate of drug-likeness (QED) is 0.737. The highest BCUT2D eigenvalue weighted by atomic mass is 16.5. The second-order valence-electron chi connectivity index (χ2n) is 3.72. The summed E-state index contributed by atoms with van der Waals surface area (Å²) in [5, 5.41) is 3.42. The second-order valence-corrected chi connectivity index (χ2v) is 3.72. The molecule has 1 atom stereocenters. The fourth-order valence-corrected chi connectivity index (χ4v) is 1.92. The van der Waals surface area contributed by atoms with Gasteiger partial charge in [0.15, 0.2) is 11.5 Å². The van der Waals surface area contributed by atoms with Crippen molar-refractivity contribution in [3.63, 3.8) is 0 Å². The molecule has 0 spiro atoms. The topological polar surface area (TPSA) is 30.5 Å². The summed E-state index contributed by atoms with van der Waals surface area (Å²) >= 11 is 0. The van der Waals surface area contributed by atoms with E-state index in [1.54, 1.807) is 14.2 Å². The standard InChI is InChI=1S/C14H21NO2/c1-5-8-12(15-6-2)11-9-7-10-13(16-3)14(11)17-4/h5,7,9-10,12,15H,1,6,8H2,2-4H3. The molecule has 1 aromatic carbocycles. The first-order chi connectivity index (χ1) is 8.28. The Labute approximate surface area is 103 Å². The summed E-state index contributed by atoms with van der Waals surface area (Å²) in [7, 11) is 3.32. The van der Waals surface area contributed by atoms with Gasteiger partial charge in [0.25, 0.3) is 0 Å². The third-order valence-electron chi connectivity index (χ3n) is 2.66. The van der Waals surface area contributed by atoms with E-state index in [0.29, 0.717) is 0 Å². The highest BCUT2D eigenvalue weighted by Crippen LogP contribution is 2.35. The van der Waals surface area contributed by atoms with Gasteiger partial charge < -0.3 is 14.8 Å². The monoisotopic (exact) mass is 235 g/mol. The minimum absolute atomic E-state index is 0.211. The lowest BCUT2D eigenvalue weighted by atomic mass is 10.0. The molecule has 0 radical (unpaired) electrons. The largest absolute Gasteiger partial charge is 0.493 e. The number of ether oxygens (including phenoxy) is 2. The van der Waals surface area contributed by atoms with Crippen molar-refractivity contribution in [1.29, 1.82) is 0 Å². The molecule has 0 bridgehead atoms. The Hall–Kier alpha value is -1.48. The second kappa shape index (κ2) is 6.97. The van der Waals surface area contributed by atoms with Crippen LogP contribution in [0.4, 0.5) is 0 Å². The molecule has 1 aromatic rings. The van der Waals surface area contributed by atoms with Crippen LogP contribution in [0.1, 0.15) is 24.9 Å². The Morgan fingerprint density at radius 3 is 2.65 bits per heavy atom. The molecule has 0 saturated heterocycles. The predicted molar refractivity (Wildman–Crippen MR) is 70.8 cm³/mol. The van der Waals surface area contributed by atoms with Gasteiger partial charge in [-0.1, -0.05) is 25.1 Å². The van der Waals surface area contributed by atoms with Gasteiger partial charge in [0, 0.05) is 11.6 Å². The number of methoxy groups -OCH3 is 2. The summed E-state index contributed by atoms with van der Waals surface area (Å²) < 4.78 is 10.7. The third kappa shape index (κ3) is 3.24. The van der Waals surface area contributed by atoms with Gasteiger partial charge in [0.2, 0.25) is 0 Å². The summed E-state index contributed by atoms with van der Waals surface area (Å²) in [6.45, 7) is 6.78. The summed E-state index contributed by atoms with van der Waals surface area (Å²) in [6, 6.07) is 6.14. The third-order valence-corrected chi connectivity index (χ3v) is 2.66. The number of hydrogen-bond acceptors (Lipinski definition) is 3.